The lowest BCUT2D eigenvalue weighted by molar-refractivity contribution is 0.102. The molecule has 0 aliphatic heterocycles. The Kier molecular flexibility index (Phi) is 3.57. The molecule has 2 N–H and O–H groups in total. The number of aromatic nitrogens is 3. The van der Waals surface area contributed by atoms with Crippen molar-refractivity contribution in [2.75, 3.05) is 5.32 Å². The molecule has 0 bridgehead atoms. The second-order valence-corrected chi connectivity index (χ2v) is 5.01. The van der Waals surface area contributed by atoms with Crippen molar-refractivity contribution < 1.29 is 4.79 Å². The number of H-pyrrole nitrogens is 1. The van der Waals surface area contributed by atoms with Gasteiger partial charge in [0.25, 0.3) is 5.91 Å². The monoisotopic (exact) mass is 298 g/mol. The molecular weight excluding hydrogens is 288 g/mol. The van der Waals surface area contributed by atoms with Crippen LogP contribution in [-0.2, 0) is 0 Å². The lowest BCUT2D eigenvalue weighted by Crippen LogP contribution is -2.14. The average molecular weight is 298 g/mol. The zero-order valence-corrected chi connectivity index (χ0v) is 11.6. The van der Waals surface area contributed by atoms with Gasteiger partial charge in [0, 0.05) is 23.8 Å². The highest BCUT2D eigenvalue weighted by atomic mass is 32.1. The van der Waals surface area contributed by atoms with Crippen LogP contribution in [0.3, 0.4) is 0 Å². The minimum atomic E-state index is -0.326. The van der Waals surface area contributed by atoms with Crippen LogP contribution in [0.1, 0.15) is 10.4 Å². The summed E-state index contributed by atoms with van der Waals surface area (Å²) >= 11 is 1.32. The molecule has 3 rings (SSSR count). The molecular formula is C14H10N4O2S. The van der Waals surface area contributed by atoms with Crippen molar-refractivity contribution in [2.24, 2.45) is 0 Å². The normalized spacial score (nSPS) is 10.3. The van der Waals surface area contributed by atoms with Gasteiger partial charge in [0.05, 0.1) is 11.3 Å². The molecule has 0 atom stereocenters. The number of pyridine rings is 2. The third-order valence-corrected chi connectivity index (χ3v) is 3.46. The summed E-state index contributed by atoms with van der Waals surface area (Å²) in [5, 5.41) is 4.99. The van der Waals surface area contributed by atoms with E-state index in [-0.39, 0.29) is 11.5 Å². The van der Waals surface area contributed by atoms with Crippen LogP contribution in [0, 0.1) is 0 Å². The first kappa shape index (κ1) is 13.2. The second-order valence-electron chi connectivity index (χ2n) is 4.15. The van der Waals surface area contributed by atoms with E-state index in [1.165, 1.54) is 29.7 Å². The van der Waals surface area contributed by atoms with E-state index in [0.717, 1.165) is 5.69 Å². The quantitative estimate of drug-likeness (QED) is 0.775. The fraction of sp³-hybridized carbons (Fsp3) is 0. The fourth-order valence-electron chi connectivity index (χ4n) is 1.68. The fourth-order valence-corrected chi connectivity index (χ4v) is 2.38. The van der Waals surface area contributed by atoms with Gasteiger partial charge >= 0.3 is 0 Å². The summed E-state index contributed by atoms with van der Waals surface area (Å²) in [7, 11) is 0. The van der Waals surface area contributed by atoms with E-state index in [2.05, 4.69) is 20.3 Å². The van der Waals surface area contributed by atoms with Crippen LogP contribution in [0.2, 0.25) is 0 Å². The number of hydrogen-bond acceptors (Lipinski definition) is 5. The summed E-state index contributed by atoms with van der Waals surface area (Å²) in [6.45, 7) is 0. The number of carbonyl (C=O) groups excluding carboxylic acids is 1. The topological polar surface area (TPSA) is 87.7 Å². The summed E-state index contributed by atoms with van der Waals surface area (Å²) in [5.41, 5.74) is 1.57. The maximum absolute atomic E-state index is 12.0. The number of nitrogens with one attached hydrogen (secondary N) is 2. The van der Waals surface area contributed by atoms with Crippen molar-refractivity contribution in [3.8, 4) is 11.4 Å². The van der Waals surface area contributed by atoms with E-state index in [9.17, 15) is 9.59 Å². The van der Waals surface area contributed by atoms with Crippen molar-refractivity contribution in [3.05, 3.63) is 64.0 Å². The van der Waals surface area contributed by atoms with Crippen LogP contribution >= 0.6 is 11.3 Å². The van der Waals surface area contributed by atoms with E-state index in [1.54, 1.807) is 6.20 Å². The second kappa shape index (κ2) is 5.68. The van der Waals surface area contributed by atoms with E-state index in [1.807, 2.05) is 23.6 Å². The summed E-state index contributed by atoms with van der Waals surface area (Å²) in [6, 6.07) is 8.31. The number of thiazole rings is 1. The predicted molar refractivity (Wildman–Crippen MR) is 80.4 cm³/mol. The Balaban J connectivity index is 1.77. The lowest BCUT2D eigenvalue weighted by Gasteiger charge is -2.00. The van der Waals surface area contributed by atoms with Crippen molar-refractivity contribution in [1.82, 2.24) is 15.0 Å². The first-order valence-corrected chi connectivity index (χ1v) is 6.97. The van der Waals surface area contributed by atoms with Gasteiger partial charge in [0.1, 0.15) is 5.69 Å². The number of hydrogen-bond donors (Lipinski definition) is 2. The van der Waals surface area contributed by atoms with Gasteiger partial charge in [-0.1, -0.05) is 6.07 Å². The molecule has 0 aliphatic carbocycles. The smallest absolute Gasteiger partial charge is 0.258 e. The molecule has 0 unspecified atom stereocenters. The lowest BCUT2D eigenvalue weighted by atomic mass is 10.3. The zero-order valence-electron chi connectivity index (χ0n) is 10.7. The third-order valence-electron chi connectivity index (χ3n) is 2.70. The highest BCUT2D eigenvalue weighted by molar-refractivity contribution is 7.14. The molecule has 0 aliphatic rings. The van der Waals surface area contributed by atoms with Gasteiger partial charge in [-0.3, -0.25) is 19.9 Å². The number of aromatic amines is 1. The Morgan fingerprint density at radius 3 is 2.81 bits per heavy atom. The summed E-state index contributed by atoms with van der Waals surface area (Å²) < 4.78 is 0. The van der Waals surface area contributed by atoms with Crippen LogP contribution in [0.5, 0.6) is 0 Å². The highest BCUT2D eigenvalue weighted by Gasteiger charge is 2.10. The first-order chi connectivity index (χ1) is 10.2. The molecule has 7 heteroatoms. The molecule has 0 aromatic carbocycles. The van der Waals surface area contributed by atoms with E-state index < -0.39 is 0 Å². The molecule has 21 heavy (non-hydrogen) atoms. The average Bonchev–Trinajstić information content (AvgIpc) is 2.97. The van der Waals surface area contributed by atoms with Crippen molar-refractivity contribution in [2.45, 2.75) is 0 Å². The van der Waals surface area contributed by atoms with Gasteiger partial charge in [-0.05, 0) is 18.2 Å². The molecule has 3 aromatic heterocycles. The summed E-state index contributed by atoms with van der Waals surface area (Å²) in [4.78, 5) is 33.9. The summed E-state index contributed by atoms with van der Waals surface area (Å²) in [5.74, 6) is -0.326. The van der Waals surface area contributed by atoms with E-state index in [0.29, 0.717) is 16.4 Å². The van der Waals surface area contributed by atoms with Crippen molar-refractivity contribution in [1.29, 1.82) is 0 Å². The van der Waals surface area contributed by atoms with Gasteiger partial charge < -0.3 is 4.98 Å². The Morgan fingerprint density at radius 1 is 1.19 bits per heavy atom. The van der Waals surface area contributed by atoms with Crippen LogP contribution in [0.4, 0.5) is 5.13 Å². The number of carbonyl (C=O) groups is 1. The molecule has 0 saturated heterocycles. The minimum Gasteiger partial charge on any atom is -0.328 e. The maximum atomic E-state index is 12.0. The Hall–Kier alpha value is -2.80. The number of anilines is 1. The van der Waals surface area contributed by atoms with Crippen LogP contribution < -0.4 is 10.9 Å². The van der Waals surface area contributed by atoms with Crippen molar-refractivity contribution >= 4 is 22.4 Å². The van der Waals surface area contributed by atoms with Gasteiger partial charge in [-0.15, -0.1) is 11.3 Å². The maximum Gasteiger partial charge on any atom is 0.258 e. The molecule has 0 spiro atoms. The van der Waals surface area contributed by atoms with Gasteiger partial charge in [0.2, 0.25) is 5.56 Å². The molecule has 3 heterocycles. The van der Waals surface area contributed by atoms with Gasteiger partial charge in [-0.25, -0.2) is 4.98 Å². The Morgan fingerprint density at radius 2 is 2.10 bits per heavy atom. The van der Waals surface area contributed by atoms with Crippen molar-refractivity contribution in [3.63, 3.8) is 0 Å². The third kappa shape index (κ3) is 3.03. The molecule has 0 radical (unpaired) electrons. The molecule has 3 aromatic rings. The van der Waals surface area contributed by atoms with Crippen LogP contribution in [-0.4, -0.2) is 20.9 Å². The molecule has 6 nitrogen and oxygen atoms in total. The predicted octanol–water partition coefficient (Wildman–Crippen LogP) is 2.15. The molecule has 104 valence electrons. The Labute approximate surface area is 123 Å². The standard InChI is InChI=1S/C14H10N4O2S/c19-12-5-4-9(7-16-12)13(20)18-14-17-11(8-21-14)10-3-1-2-6-15-10/h1-8H,(H,16,19)(H,17,18,20). The SMILES string of the molecule is O=C(Nc1nc(-c2ccccn2)cs1)c1ccc(=O)[nH]c1. The Bertz CT molecular complexity index is 806. The van der Waals surface area contributed by atoms with Gasteiger partial charge in [-0.2, -0.15) is 0 Å². The zero-order chi connectivity index (χ0) is 14.7. The number of nitrogens with zero attached hydrogens (tertiary/aromatic N) is 2. The minimum absolute atomic E-state index is 0.252. The largest absolute Gasteiger partial charge is 0.328 e. The van der Waals surface area contributed by atoms with Crippen LogP contribution in [0.15, 0.2) is 52.9 Å². The summed E-state index contributed by atoms with van der Waals surface area (Å²) in [6.07, 6.45) is 3.05. The first-order valence-electron chi connectivity index (χ1n) is 6.09. The van der Waals surface area contributed by atoms with E-state index >= 15 is 0 Å². The number of amides is 1. The molecule has 0 saturated carbocycles. The van der Waals surface area contributed by atoms with Gasteiger partial charge in [0.15, 0.2) is 5.13 Å². The number of rotatable bonds is 3. The molecule has 1 amide bonds. The molecule has 0 fully saturated rings. The van der Waals surface area contributed by atoms with Crippen LogP contribution in [0.25, 0.3) is 11.4 Å². The van der Waals surface area contributed by atoms with E-state index in [4.69, 9.17) is 0 Å². The highest BCUT2D eigenvalue weighted by Crippen LogP contribution is 2.23.